The van der Waals surface area contributed by atoms with Crippen LogP contribution in [0.25, 0.3) is 22.2 Å². The molecule has 0 unspecified atom stereocenters. The molecule has 3 aromatic carbocycles. The number of hydrogen-bond donors (Lipinski definition) is 2. The molecule has 0 aliphatic carbocycles. The van der Waals surface area contributed by atoms with E-state index in [4.69, 9.17) is 0 Å². The SMILES string of the molecule is O=C(CSc1c(-c2ccccc2)[nH]c2ccccc12)Nc1ccc(F)cc1F. The first-order valence-electron chi connectivity index (χ1n) is 8.65. The minimum absolute atomic E-state index is 0.0331. The number of para-hydroxylation sites is 1. The van der Waals surface area contributed by atoms with E-state index in [-0.39, 0.29) is 17.3 Å². The fourth-order valence-corrected chi connectivity index (χ4v) is 3.98. The summed E-state index contributed by atoms with van der Waals surface area (Å²) >= 11 is 1.37. The lowest BCUT2D eigenvalue weighted by molar-refractivity contribution is -0.113. The molecule has 4 rings (SSSR count). The maximum atomic E-state index is 13.8. The van der Waals surface area contributed by atoms with Crippen LogP contribution >= 0.6 is 11.8 Å². The lowest BCUT2D eigenvalue weighted by Gasteiger charge is -2.08. The van der Waals surface area contributed by atoms with Gasteiger partial charge in [0.2, 0.25) is 5.91 Å². The molecule has 28 heavy (non-hydrogen) atoms. The Labute approximate surface area is 164 Å². The molecule has 0 atom stereocenters. The fourth-order valence-electron chi connectivity index (χ4n) is 2.99. The summed E-state index contributed by atoms with van der Waals surface area (Å²) in [4.78, 5) is 16.7. The van der Waals surface area contributed by atoms with E-state index < -0.39 is 11.6 Å². The number of halogens is 2. The Bertz CT molecular complexity index is 1140. The van der Waals surface area contributed by atoms with Crippen LogP contribution in [0, 0.1) is 11.6 Å². The van der Waals surface area contributed by atoms with Crippen LogP contribution < -0.4 is 5.32 Å². The van der Waals surface area contributed by atoms with Crippen molar-refractivity contribution in [3.05, 3.63) is 84.4 Å². The third-order valence-corrected chi connectivity index (χ3v) is 5.39. The molecule has 0 aliphatic heterocycles. The van der Waals surface area contributed by atoms with Gasteiger partial charge < -0.3 is 10.3 Å². The molecule has 0 aliphatic rings. The van der Waals surface area contributed by atoms with Crippen molar-refractivity contribution in [2.24, 2.45) is 0 Å². The van der Waals surface area contributed by atoms with E-state index in [0.717, 1.165) is 39.2 Å². The van der Waals surface area contributed by atoms with Crippen molar-refractivity contribution in [1.29, 1.82) is 0 Å². The molecule has 1 aromatic heterocycles. The molecule has 0 saturated carbocycles. The van der Waals surface area contributed by atoms with Gasteiger partial charge in [0.05, 0.1) is 17.1 Å². The van der Waals surface area contributed by atoms with Crippen LogP contribution in [0.1, 0.15) is 0 Å². The van der Waals surface area contributed by atoms with Gasteiger partial charge in [-0.2, -0.15) is 0 Å². The molecular weight excluding hydrogens is 378 g/mol. The second-order valence-corrected chi connectivity index (χ2v) is 7.19. The summed E-state index contributed by atoms with van der Waals surface area (Å²) in [7, 11) is 0. The number of amides is 1. The van der Waals surface area contributed by atoms with Crippen LogP contribution in [-0.2, 0) is 4.79 Å². The average molecular weight is 394 g/mol. The quantitative estimate of drug-likeness (QED) is 0.418. The first kappa shape index (κ1) is 18.3. The van der Waals surface area contributed by atoms with Gasteiger partial charge in [0.1, 0.15) is 11.6 Å². The summed E-state index contributed by atoms with van der Waals surface area (Å²) in [5.74, 6) is -1.75. The largest absolute Gasteiger partial charge is 0.354 e. The molecule has 1 amide bonds. The van der Waals surface area contributed by atoms with Crippen molar-refractivity contribution in [3.8, 4) is 11.3 Å². The first-order valence-corrected chi connectivity index (χ1v) is 9.64. The molecule has 140 valence electrons. The molecular formula is C22H16F2N2OS. The van der Waals surface area contributed by atoms with E-state index in [9.17, 15) is 13.6 Å². The number of carbonyl (C=O) groups excluding carboxylic acids is 1. The number of anilines is 1. The van der Waals surface area contributed by atoms with Crippen LogP contribution in [0.2, 0.25) is 0 Å². The predicted octanol–water partition coefficient (Wildman–Crippen LogP) is 5.84. The van der Waals surface area contributed by atoms with E-state index >= 15 is 0 Å². The van der Waals surface area contributed by atoms with Gasteiger partial charge in [-0.05, 0) is 23.8 Å². The number of nitrogens with one attached hydrogen (secondary N) is 2. The summed E-state index contributed by atoms with van der Waals surface area (Å²) in [5, 5.41) is 3.52. The smallest absolute Gasteiger partial charge is 0.234 e. The molecule has 0 spiro atoms. The van der Waals surface area contributed by atoms with E-state index in [1.165, 1.54) is 17.8 Å². The van der Waals surface area contributed by atoms with Gasteiger partial charge in [0.25, 0.3) is 0 Å². The standard InChI is InChI=1S/C22H16F2N2OS/c23-15-10-11-19(17(24)12-15)25-20(27)13-28-22-16-8-4-5-9-18(16)26-21(22)14-6-2-1-3-7-14/h1-12,26H,13H2,(H,25,27). The summed E-state index contributed by atoms with van der Waals surface area (Å²) in [5.41, 5.74) is 2.90. The lowest BCUT2D eigenvalue weighted by atomic mass is 10.1. The number of hydrogen-bond acceptors (Lipinski definition) is 2. The molecule has 2 N–H and O–H groups in total. The van der Waals surface area contributed by atoms with Gasteiger partial charge >= 0.3 is 0 Å². The van der Waals surface area contributed by atoms with Crippen molar-refractivity contribution in [2.45, 2.75) is 4.90 Å². The van der Waals surface area contributed by atoms with Crippen LogP contribution in [0.3, 0.4) is 0 Å². The second kappa shape index (κ2) is 7.86. The molecule has 4 aromatic rings. The van der Waals surface area contributed by atoms with Crippen molar-refractivity contribution in [2.75, 3.05) is 11.1 Å². The summed E-state index contributed by atoms with van der Waals surface area (Å²) in [6.45, 7) is 0. The second-order valence-electron chi connectivity index (χ2n) is 6.20. The highest BCUT2D eigenvalue weighted by atomic mass is 32.2. The lowest BCUT2D eigenvalue weighted by Crippen LogP contribution is -2.15. The number of aromatic amines is 1. The average Bonchev–Trinajstić information content (AvgIpc) is 3.08. The molecule has 0 bridgehead atoms. The van der Waals surface area contributed by atoms with E-state index in [0.29, 0.717) is 0 Å². The number of fused-ring (bicyclic) bond motifs is 1. The Morgan fingerprint density at radius 2 is 1.71 bits per heavy atom. The number of thioether (sulfide) groups is 1. The normalized spacial score (nSPS) is 10.9. The minimum Gasteiger partial charge on any atom is -0.354 e. The van der Waals surface area contributed by atoms with Crippen molar-refractivity contribution in [3.63, 3.8) is 0 Å². The number of aromatic nitrogens is 1. The molecule has 3 nitrogen and oxygen atoms in total. The summed E-state index contributed by atoms with van der Waals surface area (Å²) in [6.07, 6.45) is 0. The third kappa shape index (κ3) is 3.77. The summed E-state index contributed by atoms with van der Waals surface area (Å²) < 4.78 is 26.8. The van der Waals surface area contributed by atoms with Crippen LogP contribution in [0.4, 0.5) is 14.5 Å². The van der Waals surface area contributed by atoms with E-state index in [2.05, 4.69) is 10.3 Å². The van der Waals surface area contributed by atoms with Crippen LogP contribution in [0.5, 0.6) is 0 Å². The minimum atomic E-state index is -0.796. The van der Waals surface area contributed by atoms with Crippen LogP contribution in [0.15, 0.2) is 77.7 Å². The van der Waals surface area contributed by atoms with Gasteiger partial charge in [-0.1, -0.05) is 48.5 Å². The van der Waals surface area contributed by atoms with Gasteiger partial charge in [0, 0.05) is 21.9 Å². The van der Waals surface area contributed by atoms with Crippen molar-refractivity contribution in [1.82, 2.24) is 4.98 Å². The van der Waals surface area contributed by atoms with Crippen molar-refractivity contribution < 1.29 is 13.6 Å². The van der Waals surface area contributed by atoms with E-state index in [1.807, 2.05) is 54.6 Å². The zero-order valence-corrected chi connectivity index (χ0v) is 15.5. The zero-order chi connectivity index (χ0) is 19.5. The number of rotatable bonds is 5. The third-order valence-electron chi connectivity index (χ3n) is 4.27. The molecule has 0 saturated heterocycles. The van der Waals surface area contributed by atoms with E-state index in [1.54, 1.807) is 0 Å². The highest BCUT2D eigenvalue weighted by molar-refractivity contribution is 8.00. The topological polar surface area (TPSA) is 44.9 Å². The highest BCUT2D eigenvalue weighted by Crippen LogP contribution is 2.37. The Balaban J connectivity index is 1.58. The Morgan fingerprint density at radius 3 is 2.50 bits per heavy atom. The maximum Gasteiger partial charge on any atom is 0.234 e. The molecule has 6 heteroatoms. The Kier molecular flexibility index (Phi) is 5.12. The summed E-state index contributed by atoms with van der Waals surface area (Å²) in [6, 6.07) is 20.8. The molecule has 0 radical (unpaired) electrons. The highest BCUT2D eigenvalue weighted by Gasteiger charge is 2.15. The first-order chi connectivity index (χ1) is 13.6. The Morgan fingerprint density at radius 1 is 0.964 bits per heavy atom. The number of H-pyrrole nitrogens is 1. The zero-order valence-electron chi connectivity index (χ0n) is 14.7. The van der Waals surface area contributed by atoms with Gasteiger partial charge in [-0.3, -0.25) is 4.79 Å². The Hall–Kier alpha value is -3.12. The molecule has 1 heterocycles. The molecule has 0 fully saturated rings. The van der Waals surface area contributed by atoms with Crippen LogP contribution in [-0.4, -0.2) is 16.6 Å². The monoisotopic (exact) mass is 394 g/mol. The fraction of sp³-hybridized carbons (Fsp3) is 0.0455. The van der Waals surface area contributed by atoms with Gasteiger partial charge in [-0.15, -0.1) is 11.8 Å². The van der Waals surface area contributed by atoms with Gasteiger partial charge in [0.15, 0.2) is 0 Å². The number of carbonyl (C=O) groups is 1. The predicted molar refractivity (Wildman–Crippen MR) is 109 cm³/mol. The van der Waals surface area contributed by atoms with Gasteiger partial charge in [-0.25, -0.2) is 8.78 Å². The number of benzene rings is 3. The maximum absolute atomic E-state index is 13.8. The van der Waals surface area contributed by atoms with Crippen molar-refractivity contribution >= 4 is 34.3 Å².